The molecule has 150 valence electrons. The summed E-state index contributed by atoms with van der Waals surface area (Å²) in [7, 11) is 0. The molecule has 0 spiro atoms. The van der Waals surface area contributed by atoms with E-state index in [2.05, 4.69) is 74.7 Å². The molecule has 0 radical (unpaired) electrons. The fraction of sp³-hybridized carbons (Fsp3) is 0.480. The van der Waals surface area contributed by atoms with Crippen LogP contribution in [-0.4, -0.2) is 9.55 Å². The maximum Gasteiger partial charge on any atom is 0.147 e. The van der Waals surface area contributed by atoms with Gasteiger partial charge in [-0.05, 0) is 48.6 Å². The lowest BCUT2D eigenvalue weighted by molar-refractivity contribution is 0.285. The summed E-state index contributed by atoms with van der Waals surface area (Å²) in [5, 5.41) is 0. The number of aryl methyl sites for hydroxylation is 2. The molecule has 0 aliphatic heterocycles. The average molecular weight is 379 g/mol. The number of unbranched alkanes of at least 4 members (excludes halogenated alkanes) is 4. The largest absolute Gasteiger partial charge is 0.485 e. The number of ether oxygens (including phenoxy) is 1. The van der Waals surface area contributed by atoms with Crippen LogP contribution in [-0.2, 0) is 13.2 Å². The lowest BCUT2D eigenvalue weighted by Crippen LogP contribution is -2.09. The zero-order chi connectivity index (χ0) is 19.9. The second-order valence-corrected chi connectivity index (χ2v) is 8.07. The maximum atomic E-state index is 6.30. The van der Waals surface area contributed by atoms with Crippen LogP contribution < -0.4 is 4.74 Å². The van der Waals surface area contributed by atoms with E-state index in [-0.39, 0.29) is 0 Å². The molecule has 3 heteroatoms. The van der Waals surface area contributed by atoms with E-state index in [4.69, 9.17) is 9.72 Å². The lowest BCUT2D eigenvalue weighted by Gasteiger charge is -2.15. The Morgan fingerprint density at radius 1 is 1.00 bits per heavy atom. The van der Waals surface area contributed by atoms with Crippen LogP contribution in [0.15, 0.2) is 42.5 Å². The van der Waals surface area contributed by atoms with Crippen molar-refractivity contribution in [1.82, 2.24) is 9.55 Å². The number of hydrogen-bond donors (Lipinski definition) is 0. The standard InChI is InChI=1S/C25H34N2O/c1-5-6-7-8-11-16-27-23-13-10-9-12-22(23)26-25(27)18-28-24-17-20(4)14-15-21(24)19(2)3/h9-10,12-15,17,19H,5-8,11,16,18H2,1-4H3. The molecule has 0 N–H and O–H groups in total. The minimum atomic E-state index is 0.438. The number of benzene rings is 2. The quantitative estimate of drug-likeness (QED) is 0.354. The third-order valence-corrected chi connectivity index (χ3v) is 5.37. The lowest BCUT2D eigenvalue weighted by atomic mass is 10.0. The van der Waals surface area contributed by atoms with Gasteiger partial charge in [0.15, 0.2) is 0 Å². The van der Waals surface area contributed by atoms with Gasteiger partial charge in [0.2, 0.25) is 0 Å². The smallest absolute Gasteiger partial charge is 0.147 e. The molecule has 0 aliphatic carbocycles. The van der Waals surface area contributed by atoms with E-state index in [1.54, 1.807) is 0 Å². The van der Waals surface area contributed by atoms with Gasteiger partial charge in [0.05, 0.1) is 11.0 Å². The van der Waals surface area contributed by atoms with Crippen LogP contribution in [0.5, 0.6) is 5.75 Å². The minimum Gasteiger partial charge on any atom is -0.485 e. The summed E-state index contributed by atoms with van der Waals surface area (Å²) in [6, 6.07) is 14.9. The van der Waals surface area contributed by atoms with E-state index < -0.39 is 0 Å². The third kappa shape index (κ3) is 4.95. The zero-order valence-electron chi connectivity index (χ0n) is 17.9. The molecule has 0 saturated carbocycles. The molecule has 0 aliphatic rings. The zero-order valence-corrected chi connectivity index (χ0v) is 17.9. The Morgan fingerprint density at radius 3 is 2.57 bits per heavy atom. The first kappa shape index (κ1) is 20.4. The fourth-order valence-electron chi connectivity index (χ4n) is 3.74. The summed E-state index contributed by atoms with van der Waals surface area (Å²) < 4.78 is 8.65. The van der Waals surface area contributed by atoms with E-state index in [1.165, 1.54) is 48.7 Å². The van der Waals surface area contributed by atoms with Gasteiger partial charge < -0.3 is 9.30 Å². The molecule has 3 rings (SSSR count). The SMILES string of the molecule is CCCCCCCn1c(COc2cc(C)ccc2C(C)C)nc2ccccc21. The van der Waals surface area contributed by atoms with Crippen LogP contribution in [0.3, 0.4) is 0 Å². The van der Waals surface area contributed by atoms with Crippen LogP contribution in [0.4, 0.5) is 0 Å². The number of aromatic nitrogens is 2. The first-order valence-corrected chi connectivity index (χ1v) is 10.8. The number of nitrogens with zero attached hydrogens (tertiary/aromatic N) is 2. The predicted octanol–water partition coefficient (Wildman–Crippen LogP) is 7.02. The summed E-state index contributed by atoms with van der Waals surface area (Å²) >= 11 is 0. The van der Waals surface area contributed by atoms with Gasteiger partial charge in [-0.15, -0.1) is 0 Å². The molecule has 3 aromatic rings. The summed E-state index contributed by atoms with van der Waals surface area (Å²) in [5.74, 6) is 2.44. The van der Waals surface area contributed by atoms with Crippen molar-refractivity contribution in [2.45, 2.75) is 78.9 Å². The highest BCUT2D eigenvalue weighted by atomic mass is 16.5. The van der Waals surface area contributed by atoms with Crippen molar-refractivity contribution in [3.8, 4) is 5.75 Å². The van der Waals surface area contributed by atoms with Gasteiger partial charge in [-0.2, -0.15) is 0 Å². The molecule has 28 heavy (non-hydrogen) atoms. The molecular weight excluding hydrogens is 344 g/mol. The second kappa shape index (κ2) is 9.77. The van der Waals surface area contributed by atoms with Crippen molar-refractivity contribution in [1.29, 1.82) is 0 Å². The van der Waals surface area contributed by atoms with Crippen molar-refractivity contribution in [2.24, 2.45) is 0 Å². The summed E-state index contributed by atoms with van der Waals surface area (Å²) in [6.07, 6.45) is 6.38. The van der Waals surface area contributed by atoms with Crippen molar-refractivity contribution in [2.75, 3.05) is 0 Å². The topological polar surface area (TPSA) is 27.1 Å². The van der Waals surface area contributed by atoms with E-state index in [9.17, 15) is 0 Å². The van der Waals surface area contributed by atoms with Crippen LogP contribution in [0, 0.1) is 6.92 Å². The Labute approximate surface area is 169 Å². The number of hydrogen-bond acceptors (Lipinski definition) is 2. The molecule has 0 amide bonds. The number of fused-ring (bicyclic) bond motifs is 1. The Kier molecular flexibility index (Phi) is 7.13. The first-order valence-electron chi connectivity index (χ1n) is 10.8. The predicted molar refractivity (Wildman–Crippen MR) is 118 cm³/mol. The number of rotatable bonds is 10. The van der Waals surface area contributed by atoms with Gasteiger partial charge in [-0.3, -0.25) is 0 Å². The Morgan fingerprint density at radius 2 is 1.79 bits per heavy atom. The molecule has 0 bridgehead atoms. The monoisotopic (exact) mass is 378 g/mol. The Bertz CT molecular complexity index is 895. The van der Waals surface area contributed by atoms with Gasteiger partial charge in [0, 0.05) is 6.54 Å². The summed E-state index contributed by atoms with van der Waals surface area (Å²) in [6.45, 7) is 10.3. The Hall–Kier alpha value is -2.29. The molecule has 0 unspecified atom stereocenters. The summed E-state index contributed by atoms with van der Waals surface area (Å²) in [4.78, 5) is 4.88. The van der Waals surface area contributed by atoms with Crippen molar-refractivity contribution in [3.05, 3.63) is 59.4 Å². The van der Waals surface area contributed by atoms with Gasteiger partial charge in [-0.1, -0.05) is 70.7 Å². The van der Waals surface area contributed by atoms with Crippen molar-refractivity contribution >= 4 is 11.0 Å². The molecule has 0 atom stereocenters. The van der Waals surface area contributed by atoms with Crippen molar-refractivity contribution in [3.63, 3.8) is 0 Å². The molecule has 1 aromatic heterocycles. The minimum absolute atomic E-state index is 0.438. The van der Waals surface area contributed by atoms with Crippen LogP contribution in [0.25, 0.3) is 11.0 Å². The molecule has 0 saturated heterocycles. The van der Waals surface area contributed by atoms with E-state index in [0.29, 0.717) is 12.5 Å². The molecular formula is C25H34N2O. The number of para-hydroxylation sites is 2. The molecule has 0 fully saturated rings. The molecule has 1 heterocycles. The van der Waals surface area contributed by atoms with Crippen LogP contribution >= 0.6 is 0 Å². The van der Waals surface area contributed by atoms with E-state index in [1.807, 2.05) is 0 Å². The third-order valence-electron chi connectivity index (χ3n) is 5.37. The van der Waals surface area contributed by atoms with Crippen LogP contribution in [0.2, 0.25) is 0 Å². The first-order chi connectivity index (χ1) is 13.6. The molecule has 3 nitrogen and oxygen atoms in total. The average Bonchev–Trinajstić information content (AvgIpc) is 3.03. The Balaban J connectivity index is 1.79. The van der Waals surface area contributed by atoms with Crippen LogP contribution in [0.1, 0.15) is 75.7 Å². The molecule has 2 aromatic carbocycles. The highest BCUT2D eigenvalue weighted by molar-refractivity contribution is 5.75. The van der Waals surface area contributed by atoms with Crippen molar-refractivity contribution < 1.29 is 4.74 Å². The fourth-order valence-corrected chi connectivity index (χ4v) is 3.74. The van der Waals surface area contributed by atoms with E-state index in [0.717, 1.165) is 23.6 Å². The highest BCUT2D eigenvalue weighted by Gasteiger charge is 2.13. The van der Waals surface area contributed by atoms with Gasteiger partial charge in [0.1, 0.15) is 18.2 Å². The second-order valence-electron chi connectivity index (χ2n) is 8.07. The highest BCUT2D eigenvalue weighted by Crippen LogP contribution is 2.28. The van der Waals surface area contributed by atoms with Gasteiger partial charge >= 0.3 is 0 Å². The normalized spacial score (nSPS) is 11.5. The summed E-state index contributed by atoms with van der Waals surface area (Å²) in [5.41, 5.74) is 4.75. The maximum absolute atomic E-state index is 6.30. The van der Waals surface area contributed by atoms with Gasteiger partial charge in [-0.25, -0.2) is 4.98 Å². The number of imidazole rings is 1. The van der Waals surface area contributed by atoms with Gasteiger partial charge in [0.25, 0.3) is 0 Å². The van der Waals surface area contributed by atoms with E-state index >= 15 is 0 Å².